The highest BCUT2D eigenvalue weighted by atomic mass is 16.5. The van der Waals surface area contributed by atoms with Crippen LogP contribution in [0.15, 0.2) is 42.7 Å². The number of fused-ring (bicyclic) bond motifs is 1. The Bertz CT molecular complexity index is 795. The molecule has 1 N–H and O–H groups in total. The van der Waals surface area contributed by atoms with Crippen LogP contribution in [0.3, 0.4) is 0 Å². The second kappa shape index (κ2) is 4.65. The van der Waals surface area contributed by atoms with E-state index in [1.165, 1.54) is 10.7 Å². The topological polar surface area (TPSA) is 77.2 Å². The van der Waals surface area contributed by atoms with E-state index in [1.54, 1.807) is 19.5 Å². The standard InChI is InChI=1S/C14H11N3O3/c1-20-10-2-3-11-9(8-10)4-6-15-13(11)17-7-5-12(16-17)14(18)19/h2-8H,1H3,(H,18,19). The lowest BCUT2D eigenvalue weighted by molar-refractivity contribution is 0.0690. The van der Waals surface area contributed by atoms with Gasteiger partial charge in [0.05, 0.1) is 7.11 Å². The lowest BCUT2D eigenvalue weighted by Gasteiger charge is -2.07. The summed E-state index contributed by atoms with van der Waals surface area (Å²) in [5, 5.41) is 14.7. The Kier molecular flexibility index (Phi) is 2.83. The molecule has 0 aliphatic rings. The summed E-state index contributed by atoms with van der Waals surface area (Å²) in [5.41, 5.74) is -0.0164. The second-order valence-electron chi connectivity index (χ2n) is 4.17. The van der Waals surface area contributed by atoms with Crippen LogP contribution in [0.4, 0.5) is 0 Å². The minimum atomic E-state index is -1.06. The number of aromatic carboxylic acids is 1. The van der Waals surface area contributed by atoms with Gasteiger partial charge in [0.15, 0.2) is 11.5 Å². The smallest absolute Gasteiger partial charge is 0.356 e. The number of carboxylic acids is 1. The van der Waals surface area contributed by atoms with Crippen LogP contribution in [0.25, 0.3) is 16.6 Å². The molecule has 0 bridgehead atoms. The summed E-state index contributed by atoms with van der Waals surface area (Å²) in [6.45, 7) is 0. The van der Waals surface area contributed by atoms with Crippen molar-refractivity contribution in [2.24, 2.45) is 0 Å². The maximum atomic E-state index is 10.9. The number of aromatic nitrogens is 3. The third-order valence-corrected chi connectivity index (χ3v) is 2.98. The van der Waals surface area contributed by atoms with E-state index >= 15 is 0 Å². The number of rotatable bonds is 3. The average molecular weight is 269 g/mol. The van der Waals surface area contributed by atoms with Gasteiger partial charge < -0.3 is 9.84 Å². The third-order valence-electron chi connectivity index (χ3n) is 2.98. The van der Waals surface area contributed by atoms with Crippen molar-refractivity contribution in [3.05, 3.63) is 48.4 Å². The number of carboxylic acid groups (broad SMARTS) is 1. The average Bonchev–Trinajstić information content (AvgIpc) is 2.96. The van der Waals surface area contributed by atoms with Gasteiger partial charge in [-0.2, -0.15) is 5.10 Å². The van der Waals surface area contributed by atoms with E-state index in [2.05, 4.69) is 10.1 Å². The first-order valence-corrected chi connectivity index (χ1v) is 5.91. The monoisotopic (exact) mass is 269 g/mol. The molecule has 3 rings (SSSR count). The lowest BCUT2D eigenvalue weighted by atomic mass is 10.1. The van der Waals surface area contributed by atoms with Gasteiger partial charge >= 0.3 is 5.97 Å². The number of carbonyl (C=O) groups is 1. The third kappa shape index (κ3) is 1.97. The molecule has 0 fully saturated rings. The van der Waals surface area contributed by atoms with E-state index in [-0.39, 0.29) is 5.69 Å². The fourth-order valence-corrected chi connectivity index (χ4v) is 2.01. The summed E-state index contributed by atoms with van der Waals surface area (Å²) in [7, 11) is 1.61. The molecule has 0 unspecified atom stereocenters. The summed E-state index contributed by atoms with van der Waals surface area (Å²) in [4.78, 5) is 15.2. The van der Waals surface area contributed by atoms with Gasteiger partial charge in [0, 0.05) is 17.8 Å². The number of hydrogen-bond donors (Lipinski definition) is 1. The molecule has 0 saturated carbocycles. The Hall–Kier alpha value is -2.89. The summed E-state index contributed by atoms with van der Waals surface area (Å²) < 4.78 is 6.64. The molecule has 0 aliphatic heterocycles. The molecular weight excluding hydrogens is 258 g/mol. The van der Waals surface area contributed by atoms with Crippen molar-refractivity contribution >= 4 is 16.7 Å². The molecule has 0 atom stereocenters. The van der Waals surface area contributed by atoms with Gasteiger partial charge in [-0.25, -0.2) is 14.5 Å². The van der Waals surface area contributed by atoms with Crippen LogP contribution in [-0.2, 0) is 0 Å². The van der Waals surface area contributed by atoms with Gasteiger partial charge in [-0.05, 0) is 35.7 Å². The summed E-state index contributed by atoms with van der Waals surface area (Å²) >= 11 is 0. The zero-order chi connectivity index (χ0) is 14.1. The van der Waals surface area contributed by atoms with Crippen molar-refractivity contribution in [1.29, 1.82) is 0 Å². The van der Waals surface area contributed by atoms with Gasteiger partial charge in [-0.3, -0.25) is 0 Å². The van der Waals surface area contributed by atoms with Crippen molar-refractivity contribution in [1.82, 2.24) is 14.8 Å². The van der Waals surface area contributed by atoms with Crippen LogP contribution in [0.5, 0.6) is 5.75 Å². The fraction of sp³-hybridized carbons (Fsp3) is 0.0714. The lowest BCUT2D eigenvalue weighted by Crippen LogP contribution is -2.03. The first-order chi connectivity index (χ1) is 9.69. The van der Waals surface area contributed by atoms with E-state index in [4.69, 9.17) is 9.84 Å². The highest BCUT2D eigenvalue weighted by Crippen LogP contribution is 2.24. The van der Waals surface area contributed by atoms with Crippen molar-refractivity contribution < 1.29 is 14.6 Å². The minimum Gasteiger partial charge on any atom is -0.497 e. The Labute approximate surface area is 114 Å². The van der Waals surface area contributed by atoms with Gasteiger partial charge in [0.2, 0.25) is 0 Å². The van der Waals surface area contributed by atoms with E-state index in [9.17, 15) is 4.79 Å². The molecule has 100 valence electrons. The number of benzene rings is 1. The molecule has 0 aliphatic carbocycles. The van der Waals surface area contributed by atoms with Crippen LogP contribution in [0.2, 0.25) is 0 Å². The Balaban J connectivity index is 2.17. The van der Waals surface area contributed by atoms with Crippen LogP contribution in [-0.4, -0.2) is 33.0 Å². The molecule has 6 heteroatoms. The molecule has 2 aromatic heterocycles. The predicted molar refractivity (Wildman–Crippen MR) is 72.4 cm³/mol. The fourth-order valence-electron chi connectivity index (χ4n) is 2.01. The van der Waals surface area contributed by atoms with Gasteiger partial charge in [0.1, 0.15) is 5.75 Å². The Morgan fingerprint density at radius 2 is 2.15 bits per heavy atom. The molecule has 3 aromatic rings. The zero-order valence-electron chi connectivity index (χ0n) is 10.6. The molecule has 6 nitrogen and oxygen atoms in total. The first-order valence-electron chi connectivity index (χ1n) is 5.91. The highest BCUT2D eigenvalue weighted by molar-refractivity contribution is 5.90. The minimum absolute atomic E-state index is 0.0164. The maximum absolute atomic E-state index is 10.9. The number of nitrogens with zero attached hydrogens (tertiary/aromatic N) is 3. The second-order valence-corrected chi connectivity index (χ2v) is 4.17. The Morgan fingerprint density at radius 1 is 1.30 bits per heavy atom. The molecule has 0 spiro atoms. The maximum Gasteiger partial charge on any atom is 0.356 e. The van der Waals surface area contributed by atoms with Gasteiger partial charge in [0.25, 0.3) is 0 Å². The van der Waals surface area contributed by atoms with Crippen molar-refractivity contribution in [2.45, 2.75) is 0 Å². The molecule has 0 amide bonds. The summed E-state index contributed by atoms with van der Waals surface area (Å²) in [6.07, 6.45) is 3.23. The molecule has 0 saturated heterocycles. The number of methoxy groups -OCH3 is 1. The number of pyridine rings is 1. The van der Waals surface area contributed by atoms with Crippen LogP contribution in [0, 0.1) is 0 Å². The molecule has 1 aromatic carbocycles. The molecule has 2 heterocycles. The SMILES string of the molecule is COc1ccc2c(-n3ccc(C(=O)O)n3)nccc2c1. The summed E-state index contributed by atoms with van der Waals surface area (Å²) in [5.74, 6) is 0.268. The number of hydrogen-bond acceptors (Lipinski definition) is 4. The molecule has 0 radical (unpaired) electrons. The van der Waals surface area contributed by atoms with E-state index < -0.39 is 5.97 Å². The number of ether oxygens (including phenoxy) is 1. The molecular formula is C14H11N3O3. The van der Waals surface area contributed by atoms with Crippen LogP contribution < -0.4 is 4.74 Å². The van der Waals surface area contributed by atoms with Crippen LogP contribution in [0.1, 0.15) is 10.5 Å². The highest BCUT2D eigenvalue weighted by Gasteiger charge is 2.11. The van der Waals surface area contributed by atoms with Crippen molar-refractivity contribution in [3.63, 3.8) is 0 Å². The van der Waals surface area contributed by atoms with E-state index in [0.717, 1.165) is 16.5 Å². The predicted octanol–water partition coefficient (Wildman–Crippen LogP) is 2.13. The van der Waals surface area contributed by atoms with Gasteiger partial charge in [-0.15, -0.1) is 0 Å². The van der Waals surface area contributed by atoms with Crippen LogP contribution >= 0.6 is 0 Å². The first kappa shape index (κ1) is 12.2. The van der Waals surface area contributed by atoms with Crippen molar-refractivity contribution in [3.8, 4) is 11.6 Å². The van der Waals surface area contributed by atoms with Gasteiger partial charge in [-0.1, -0.05) is 0 Å². The quantitative estimate of drug-likeness (QED) is 0.788. The Morgan fingerprint density at radius 3 is 2.85 bits per heavy atom. The normalized spacial score (nSPS) is 10.7. The largest absolute Gasteiger partial charge is 0.497 e. The van der Waals surface area contributed by atoms with Crippen molar-refractivity contribution in [2.75, 3.05) is 7.11 Å². The zero-order valence-corrected chi connectivity index (χ0v) is 10.6. The molecule has 20 heavy (non-hydrogen) atoms. The van der Waals surface area contributed by atoms with E-state index in [0.29, 0.717) is 5.82 Å². The summed E-state index contributed by atoms with van der Waals surface area (Å²) in [6, 6.07) is 8.89. The van der Waals surface area contributed by atoms with E-state index in [1.807, 2.05) is 24.3 Å².